The number of hydrogen-bond acceptors (Lipinski definition) is 6. The second-order valence-corrected chi connectivity index (χ2v) is 6.90. The van der Waals surface area contributed by atoms with Gasteiger partial charge in [0.1, 0.15) is 5.01 Å². The largest absolute Gasteiger partial charge is 0.381 e. The fourth-order valence-corrected chi connectivity index (χ4v) is 3.64. The highest BCUT2D eigenvalue weighted by Gasteiger charge is 2.27. The highest BCUT2D eigenvalue weighted by Crippen LogP contribution is 2.25. The van der Waals surface area contributed by atoms with Gasteiger partial charge in [0.05, 0.1) is 17.8 Å². The summed E-state index contributed by atoms with van der Waals surface area (Å²) in [5.41, 5.74) is 8.04. The van der Waals surface area contributed by atoms with E-state index >= 15 is 0 Å². The molecule has 2 aromatic heterocycles. The third-order valence-electron chi connectivity index (χ3n) is 4.30. The van der Waals surface area contributed by atoms with Gasteiger partial charge in [-0.2, -0.15) is 0 Å². The first-order valence-electron chi connectivity index (χ1n) is 8.14. The van der Waals surface area contributed by atoms with Crippen LogP contribution in [0.15, 0.2) is 29.9 Å². The number of nitrogens with one attached hydrogen (secondary N) is 1. The molecule has 26 heavy (non-hydrogen) atoms. The van der Waals surface area contributed by atoms with E-state index in [9.17, 15) is 4.79 Å². The molecule has 144 valence electrons. The number of nitrogens with zero attached hydrogens (tertiary/aromatic N) is 2. The molecule has 2 unspecified atom stereocenters. The Kier molecular flexibility index (Phi) is 9.46. The van der Waals surface area contributed by atoms with Gasteiger partial charge in [0.2, 0.25) is 5.91 Å². The molecule has 2 atom stereocenters. The van der Waals surface area contributed by atoms with Gasteiger partial charge in [0.15, 0.2) is 0 Å². The molecule has 2 aromatic rings. The van der Waals surface area contributed by atoms with E-state index in [1.165, 1.54) is 11.3 Å². The minimum Gasteiger partial charge on any atom is -0.381 e. The Morgan fingerprint density at radius 3 is 2.62 bits per heavy atom. The molecule has 3 N–H and O–H groups in total. The quantitative estimate of drug-likeness (QED) is 0.778. The van der Waals surface area contributed by atoms with E-state index in [-0.39, 0.29) is 42.7 Å². The van der Waals surface area contributed by atoms with Crippen molar-refractivity contribution in [3.05, 3.63) is 34.9 Å². The molecule has 0 aromatic carbocycles. The average molecular weight is 419 g/mol. The minimum absolute atomic E-state index is 0. The van der Waals surface area contributed by atoms with Crippen LogP contribution in [-0.2, 0) is 9.53 Å². The first-order valence-corrected chi connectivity index (χ1v) is 9.02. The summed E-state index contributed by atoms with van der Waals surface area (Å²) in [5, 5.41) is 5.85. The molecule has 0 bridgehead atoms. The molecular formula is C17H24Cl2N4O2S. The molecule has 3 rings (SSSR count). The molecule has 0 spiro atoms. The number of pyridine rings is 1. The average Bonchev–Trinajstić information content (AvgIpc) is 3.13. The summed E-state index contributed by atoms with van der Waals surface area (Å²) in [6.07, 6.45) is 5.16. The Morgan fingerprint density at radius 2 is 1.96 bits per heavy atom. The number of halogens is 2. The molecule has 0 saturated carbocycles. The van der Waals surface area contributed by atoms with Crippen LogP contribution in [0.3, 0.4) is 0 Å². The molecule has 1 saturated heterocycles. The normalized spacial score (nSPS) is 16.7. The van der Waals surface area contributed by atoms with Crippen LogP contribution in [0.1, 0.15) is 30.8 Å². The first-order chi connectivity index (χ1) is 11.6. The summed E-state index contributed by atoms with van der Waals surface area (Å²) in [6, 6.07) is 3.19. The second kappa shape index (κ2) is 10.8. The lowest BCUT2D eigenvalue weighted by Crippen LogP contribution is -2.47. The summed E-state index contributed by atoms with van der Waals surface area (Å²) in [5.74, 6) is 0.0738. The number of carbonyl (C=O) groups excluding carboxylic acids is 1. The number of hydrogen-bond donors (Lipinski definition) is 2. The van der Waals surface area contributed by atoms with Crippen molar-refractivity contribution in [3.8, 4) is 11.3 Å². The number of carbonyl (C=O) groups is 1. The van der Waals surface area contributed by atoms with Gasteiger partial charge < -0.3 is 15.8 Å². The maximum atomic E-state index is 12.4. The number of ether oxygens (including phenoxy) is 1. The van der Waals surface area contributed by atoms with Crippen LogP contribution >= 0.6 is 36.2 Å². The zero-order valence-corrected chi connectivity index (χ0v) is 16.9. The van der Waals surface area contributed by atoms with E-state index in [0.29, 0.717) is 13.2 Å². The molecular weight excluding hydrogens is 395 g/mol. The van der Waals surface area contributed by atoms with Crippen molar-refractivity contribution >= 4 is 42.1 Å². The lowest BCUT2D eigenvalue weighted by molar-refractivity contribution is -0.125. The van der Waals surface area contributed by atoms with Crippen molar-refractivity contribution in [1.82, 2.24) is 15.3 Å². The topological polar surface area (TPSA) is 90.1 Å². The van der Waals surface area contributed by atoms with Crippen molar-refractivity contribution in [2.75, 3.05) is 13.2 Å². The van der Waals surface area contributed by atoms with Crippen LogP contribution in [0, 0.1) is 5.92 Å². The fourth-order valence-electron chi connectivity index (χ4n) is 2.80. The fraction of sp³-hybridized carbons (Fsp3) is 0.471. The van der Waals surface area contributed by atoms with Crippen LogP contribution in [0.5, 0.6) is 0 Å². The van der Waals surface area contributed by atoms with Gasteiger partial charge in [-0.25, -0.2) is 4.98 Å². The van der Waals surface area contributed by atoms with E-state index in [0.717, 1.165) is 29.1 Å². The van der Waals surface area contributed by atoms with Crippen LogP contribution in [0.25, 0.3) is 11.3 Å². The zero-order chi connectivity index (χ0) is 16.9. The Morgan fingerprint density at radius 1 is 1.31 bits per heavy atom. The van der Waals surface area contributed by atoms with Crippen molar-refractivity contribution in [1.29, 1.82) is 0 Å². The Balaban J connectivity index is 0.00000169. The van der Waals surface area contributed by atoms with Gasteiger partial charge in [-0.3, -0.25) is 9.78 Å². The van der Waals surface area contributed by atoms with Crippen molar-refractivity contribution in [3.63, 3.8) is 0 Å². The number of nitrogens with two attached hydrogens (primary N) is 1. The van der Waals surface area contributed by atoms with Crippen molar-refractivity contribution in [2.45, 2.75) is 31.8 Å². The zero-order valence-electron chi connectivity index (χ0n) is 14.5. The van der Waals surface area contributed by atoms with E-state index in [1.807, 2.05) is 24.4 Å². The molecule has 1 fully saturated rings. The van der Waals surface area contributed by atoms with E-state index in [1.54, 1.807) is 12.4 Å². The predicted molar refractivity (Wildman–Crippen MR) is 108 cm³/mol. The lowest BCUT2D eigenvalue weighted by atomic mass is 9.92. The summed E-state index contributed by atoms with van der Waals surface area (Å²) in [7, 11) is 0. The number of thiazole rings is 1. The van der Waals surface area contributed by atoms with Crippen LogP contribution in [0.2, 0.25) is 0 Å². The van der Waals surface area contributed by atoms with E-state index in [4.69, 9.17) is 10.5 Å². The van der Waals surface area contributed by atoms with Gasteiger partial charge >= 0.3 is 0 Å². The van der Waals surface area contributed by atoms with Crippen molar-refractivity contribution in [2.24, 2.45) is 11.7 Å². The molecule has 1 aliphatic rings. The Hall–Kier alpha value is -1.25. The number of rotatable bonds is 5. The summed E-state index contributed by atoms with van der Waals surface area (Å²) >= 11 is 1.53. The Bertz CT molecular complexity index is 680. The van der Waals surface area contributed by atoms with Gasteiger partial charge in [-0.15, -0.1) is 36.2 Å². The maximum Gasteiger partial charge on any atom is 0.237 e. The molecule has 1 aliphatic heterocycles. The van der Waals surface area contributed by atoms with Gasteiger partial charge in [0.25, 0.3) is 0 Å². The Labute approximate surface area is 169 Å². The third-order valence-corrected chi connectivity index (χ3v) is 5.33. The van der Waals surface area contributed by atoms with E-state index < -0.39 is 6.04 Å². The highest BCUT2D eigenvalue weighted by molar-refractivity contribution is 7.10. The third kappa shape index (κ3) is 5.62. The molecule has 0 radical (unpaired) electrons. The summed E-state index contributed by atoms with van der Waals surface area (Å²) in [6.45, 7) is 3.30. The first kappa shape index (κ1) is 22.8. The molecule has 1 amide bonds. The van der Waals surface area contributed by atoms with Gasteiger partial charge in [-0.05, 0) is 37.8 Å². The number of amides is 1. The lowest BCUT2D eigenvalue weighted by Gasteiger charge is -2.27. The SMILES string of the molecule is CC(NC(=O)C(N)C1CCOCC1)c1nc(-c2ccncc2)cs1.Cl.Cl. The van der Waals surface area contributed by atoms with Crippen LogP contribution in [0.4, 0.5) is 0 Å². The summed E-state index contributed by atoms with van der Waals surface area (Å²) in [4.78, 5) is 21.0. The smallest absolute Gasteiger partial charge is 0.237 e. The van der Waals surface area contributed by atoms with Crippen molar-refractivity contribution < 1.29 is 9.53 Å². The number of aromatic nitrogens is 2. The predicted octanol–water partition coefficient (Wildman–Crippen LogP) is 2.98. The molecule has 6 nitrogen and oxygen atoms in total. The minimum atomic E-state index is -0.490. The molecule has 9 heteroatoms. The van der Waals surface area contributed by atoms with Gasteiger partial charge in [0, 0.05) is 36.6 Å². The van der Waals surface area contributed by atoms with E-state index in [2.05, 4.69) is 15.3 Å². The molecule has 3 heterocycles. The maximum absolute atomic E-state index is 12.4. The molecule has 0 aliphatic carbocycles. The van der Waals surface area contributed by atoms with Crippen LogP contribution in [-0.4, -0.2) is 35.1 Å². The van der Waals surface area contributed by atoms with Crippen LogP contribution < -0.4 is 11.1 Å². The second-order valence-electron chi connectivity index (χ2n) is 6.01. The highest BCUT2D eigenvalue weighted by atomic mass is 35.5. The standard InChI is InChI=1S/C17H22N4O2S.2ClH/c1-11(20-16(22)15(18)13-4-8-23-9-5-13)17-21-14(10-24-17)12-2-6-19-7-3-12;;/h2-3,6-7,10-11,13,15H,4-5,8-9,18H2,1H3,(H,20,22);2*1H. The monoisotopic (exact) mass is 418 g/mol. The summed E-state index contributed by atoms with van der Waals surface area (Å²) < 4.78 is 5.32. The van der Waals surface area contributed by atoms with Gasteiger partial charge in [-0.1, -0.05) is 0 Å².